The van der Waals surface area contributed by atoms with Crippen LogP contribution in [-0.2, 0) is 0 Å². The zero-order chi connectivity index (χ0) is 8.43. The van der Waals surface area contributed by atoms with Gasteiger partial charge in [0.2, 0.25) is 0 Å². The normalized spacial score (nSPS) is 40.9. The molecule has 1 fully saturated rings. The van der Waals surface area contributed by atoms with Gasteiger partial charge in [0.25, 0.3) is 0 Å². The average Bonchev–Trinajstić information content (AvgIpc) is 1.96. The summed E-state index contributed by atoms with van der Waals surface area (Å²) in [6.07, 6.45) is 0.874. The second kappa shape index (κ2) is 3.55. The van der Waals surface area contributed by atoms with Crippen LogP contribution in [0.4, 0.5) is 0 Å². The lowest BCUT2D eigenvalue weighted by Gasteiger charge is -2.39. The van der Waals surface area contributed by atoms with Crippen LogP contribution in [0.25, 0.3) is 0 Å². The van der Waals surface area contributed by atoms with E-state index in [1.165, 1.54) is 0 Å². The third kappa shape index (κ3) is 1.94. The van der Waals surface area contributed by atoms with Crippen LogP contribution in [-0.4, -0.2) is 35.2 Å². The Kier molecular flexibility index (Phi) is 2.90. The molecule has 1 heterocycles. The van der Waals surface area contributed by atoms with E-state index in [2.05, 4.69) is 25.7 Å². The maximum atomic E-state index is 9.46. The molecule has 0 radical (unpaired) electrons. The molecule has 0 spiro atoms. The fourth-order valence-electron chi connectivity index (χ4n) is 1.91. The highest BCUT2D eigenvalue weighted by Crippen LogP contribution is 2.22. The van der Waals surface area contributed by atoms with Crippen LogP contribution in [0.3, 0.4) is 0 Å². The van der Waals surface area contributed by atoms with Crippen LogP contribution in [0.5, 0.6) is 0 Å². The van der Waals surface area contributed by atoms with Gasteiger partial charge in [-0.25, -0.2) is 0 Å². The quantitative estimate of drug-likeness (QED) is 0.616. The molecule has 1 rings (SSSR count). The highest BCUT2D eigenvalue weighted by Gasteiger charge is 2.28. The van der Waals surface area contributed by atoms with E-state index in [9.17, 15) is 5.11 Å². The average molecular weight is 157 g/mol. The van der Waals surface area contributed by atoms with Crippen LogP contribution in [0.2, 0.25) is 0 Å². The molecule has 2 nitrogen and oxygen atoms in total. The molecule has 0 saturated carbocycles. The number of aliphatic hydroxyl groups is 1. The van der Waals surface area contributed by atoms with Crippen LogP contribution in [0, 0.1) is 5.92 Å². The summed E-state index contributed by atoms with van der Waals surface area (Å²) >= 11 is 0. The smallest absolute Gasteiger partial charge is 0.0670 e. The van der Waals surface area contributed by atoms with Crippen molar-refractivity contribution in [2.24, 2.45) is 5.92 Å². The molecule has 3 atom stereocenters. The van der Waals surface area contributed by atoms with E-state index in [4.69, 9.17) is 0 Å². The summed E-state index contributed by atoms with van der Waals surface area (Å²) in [4.78, 5) is 2.35. The zero-order valence-electron chi connectivity index (χ0n) is 7.75. The molecule has 0 amide bonds. The van der Waals surface area contributed by atoms with Crippen molar-refractivity contribution >= 4 is 0 Å². The topological polar surface area (TPSA) is 23.5 Å². The molecule has 0 bridgehead atoms. The number of rotatable bonds is 1. The van der Waals surface area contributed by atoms with Gasteiger partial charge >= 0.3 is 0 Å². The Bertz CT molecular complexity index is 127. The van der Waals surface area contributed by atoms with Gasteiger partial charge < -0.3 is 5.11 Å². The van der Waals surface area contributed by atoms with E-state index >= 15 is 0 Å². The molecule has 0 aromatic carbocycles. The number of aliphatic hydroxyl groups excluding tert-OH is 1. The fraction of sp³-hybridized carbons (Fsp3) is 1.00. The first kappa shape index (κ1) is 9.01. The third-order valence-corrected chi connectivity index (χ3v) is 2.89. The number of likely N-dealkylation sites (tertiary alicyclic amines) is 1. The molecular formula is C9H19NO. The summed E-state index contributed by atoms with van der Waals surface area (Å²) in [5, 5.41) is 9.46. The summed E-state index contributed by atoms with van der Waals surface area (Å²) < 4.78 is 0. The standard InChI is InChI=1S/C9H19NO/c1-4-10-6-9(11)5-7(2)8(10)3/h7-9,11H,4-6H2,1-3H3/t7-,8-,9+/m1/s1. The Labute approximate surface area is 69.2 Å². The van der Waals surface area contributed by atoms with Crippen LogP contribution in [0.1, 0.15) is 27.2 Å². The van der Waals surface area contributed by atoms with E-state index in [-0.39, 0.29) is 6.10 Å². The third-order valence-electron chi connectivity index (χ3n) is 2.89. The molecule has 1 aliphatic rings. The van der Waals surface area contributed by atoms with Crippen molar-refractivity contribution in [3.05, 3.63) is 0 Å². The highest BCUT2D eigenvalue weighted by molar-refractivity contribution is 4.82. The maximum Gasteiger partial charge on any atom is 0.0670 e. The number of hydrogen-bond donors (Lipinski definition) is 1. The van der Waals surface area contributed by atoms with E-state index < -0.39 is 0 Å². The second-order valence-corrected chi connectivity index (χ2v) is 3.69. The van der Waals surface area contributed by atoms with Crippen molar-refractivity contribution in [1.29, 1.82) is 0 Å². The molecule has 11 heavy (non-hydrogen) atoms. The maximum absolute atomic E-state index is 9.46. The summed E-state index contributed by atoms with van der Waals surface area (Å²) in [5.41, 5.74) is 0. The number of nitrogens with zero attached hydrogens (tertiary/aromatic N) is 1. The number of hydrogen-bond acceptors (Lipinski definition) is 2. The van der Waals surface area contributed by atoms with Crippen molar-refractivity contribution in [2.45, 2.75) is 39.3 Å². The molecule has 2 heteroatoms. The highest BCUT2D eigenvalue weighted by atomic mass is 16.3. The zero-order valence-corrected chi connectivity index (χ0v) is 7.75. The molecule has 1 aliphatic heterocycles. The number of likely N-dealkylation sites (N-methyl/N-ethyl adjacent to an activating group) is 1. The van der Waals surface area contributed by atoms with E-state index in [1.807, 2.05) is 0 Å². The van der Waals surface area contributed by atoms with Crippen molar-refractivity contribution in [3.63, 3.8) is 0 Å². The van der Waals surface area contributed by atoms with Crippen molar-refractivity contribution in [1.82, 2.24) is 4.90 Å². The Balaban J connectivity index is 2.51. The molecule has 1 saturated heterocycles. The lowest BCUT2D eigenvalue weighted by molar-refractivity contribution is 0.0133. The van der Waals surface area contributed by atoms with Gasteiger partial charge in [-0.15, -0.1) is 0 Å². The van der Waals surface area contributed by atoms with Crippen molar-refractivity contribution < 1.29 is 5.11 Å². The van der Waals surface area contributed by atoms with Gasteiger partial charge in [-0.2, -0.15) is 0 Å². The monoisotopic (exact) mass is 157 g/mol. The van der Waals surface area contributed by atoms with Gasteiger partial charge in [0.15, 0.2) is 0 Å². The minimum absolute atomic E-state index is 0.0962. The van der Waals surface area contributed by atoms with Crippen LogP contribution in [0.15, 0.2) is 0 Å². The second-order valence-electron chi connectivity index (χ2n) is 3.69. The van der Waals surface area contributed by atoms with Crippen LogP contribution < -0.4 is 0 Å². The van der Waals surface area contributed by atoms with Gasteiger partial charge in [0, 0.05) is 12.6 Å². The molecule has 66 valence electrons. The lowest BCUT2D eigenvalue weighted by Crippen LogP contribution is -2.48. The molecule has 0 aliphatic carbocycles. The van der Waals surface area contributed by atoms with Gasteiger partial charge in [-0.3, -0.25) is 4.90 Å². The summed E-state index contributed by atoms with van der Waals surface area (Å²) in [6.45, 7) is 8.54. The molecule has 0 aromatic rings. The van der Waals surface area contributed by atoms with Crippen molar-refractivity contribution in [3.8, 4) is 0 Å². The van der Waals surface area contributed by atoms with Gasteiger partial charge in [-0.1, -0.05) is 13.8 Å². The number of piperidine rings is 1. The predicted octanol–water partition coefficient (Wildman–Crippen LogP) is 1.10. The predicted molar refractivity (Wildman–Crippen MR) is 46.5 cm³/mol. The van der Waals surface area contributed by atoms with E-state index in [1.54, 1.807) is 0 Å². The molecule has 1 N–H and O–H groups in total. The summed E-state index contributed by atoms with van der Waals surface area (Å²) in [5.74, 6) is 0.638. The minimum Gasteiger partial charge on any atom is -0.392 e. The summed E-state index contributed by atoms with van der Waals surface area (Å²) in [6, 6.07) is 0.642. The Morgan fingerprint density at radius 2 is 2.09 bits per heavy atom. The first-order valence-corrected chi connectivity index (χ1v) is 4.57. The SMILES string of the molecule is CCN1C[C@@H](O)C[C@@H](C)[C@H]1C. The minimum atomic E-state index is -0.0962. The first-order chi connectivity index (χ1) is 5.15. The van der Waals surface area contributed by atoms with E-state index in [0.717, 1.165) is 19.5 Å². The first-order valence-electron chi connectivity index (χ1n) is 4.57. The number of β-amino-alcohol motifs (C(OH)–C–C–N with tert-alkyl or cyclic N) is 1. The molecule has 0 aromatic heterocycles. The molecular weight excluding hydrogens is 138 g/mol. The fourth-order valence-corrected chi connectivity index (χ4v) is 1.91. The van der Waals surface area contributed by atoms with E-state index in [0.29, 0.717) is 12.0 Å². The Morgan fingerprint density at radius 3 is 2.64 bits per heavy atom. The lowest BCUT2D eigenvalue weighted by atomic mass is 9.90. The van der Waals surface area contributed by atoms with Gasteiger partial charge in [-0.05, 0) is 25.8 Å². The summed E-state index contributed by atoms with van der Waals surface area (Å²) in [7, 11) is 0. The largest absolute Gasteiger partial charge is 0.392 e. The van der Waals surface area contributed by atoms with Gasteiger partial charge in [0.05, 0.1) is 6.10 Å². The van der Waals surface area contributed by atoms with Crippen molar-refractivity contribution in [2.75, 3.05) is 13.1 Å². The molecule has 0 unspecified atom stereocenters. The Hall–Kier alpha value is -0.0800. The van der Waals surface area contributed by atoms with Crippen LogP contribution >= 0.6 is 0 Å². The van der Waals surface area contributed by atoms with Gasteiger partial charge in [0.1, 0.15) is 0 Å². The Morgan fingerprint density at radius 1 is 1.45 bits per heavy atom.